The number of phenols is 1. The number of rotatable bonds is 4. The molecule has 0 unspecified atom stereocenters. The highest BCUT2D eigenvalue weighted by Gasteiger charge is 2.36. The maximum Gasteiger partial charge on any atom is 0.257 e. The van der Waals surface area contributed by atoms with Crippen molar-refractivity contribution in [1.29, 1.82) is 0 Å². The van der Waals surface area contributed by atoms with E-state index in [2.05, 4.69) is 25.9 Å². The second-order valence-corrected chi connectivity index (χ2v) is 7.01. The van der Waals surface area contributed by atoms with E-state index in [-0.39, 0.29) is 11.7 Å². The largest absolute Gasteiger partial charge is 0.507 e. The number of carbonyl (C=O) groups is 1. The van der Waals surface area contributed by atoms with Crippen molar-refractivity contribution >= 4 is 16.7 Å². The van der Waals surface area contributed by atoms with E-state index in [0.717, 1.165) is 36.7 Å². The Hall–Kier alpha value is -2.07. The zero-order valence-electron chi connectivity index (χ0n) is 14.7. The Morgan fingerprint density at radius 3 is 2.50 bits per heavy atom. The molecule has 1 amide bonds. The molecule has 128 valence electrons. The van der Waals surface area contributed by atoms with Crippen LogP contribution in [-0.2, 0) is 0 Å². The summed E-state index contributed by atoms with van der Waals surface area (Å²) in [6.45, 7) is 3.68. The van der Waals surface area contributed by atoms with Gasteiger partial charge in [0.05, 0.1) is 5.56 Å². The molecule has 24 heavy (non-hydrogen) atoms. The van der Waals surface area contributed by atoms with Crippen molar-refractivity contribution in [3.05, 3.63) is 42.0 Å². The Morgan fingerprint density at radius 1 is 1.21 bits per heavy atom. The molecule has 1 aliphatic rings. The van der Waals surface area contributed by atoms with E-state index in [1.54, 1.807) is 6.07 Å². The van der Waals surface area contributed by atoms with Gasteiger partial charge in [-0.2, -0.15) is 0 Å². The summed E-state index contributed by atoms with van der Waals surface area (Å²) in [6.07, 6.45) is 2.24. The molecular formula is C20H26N2O2. The number of amides is 1. The third-order valence-electron chi connectivity index (χ3n) is 5.11. The van der Waals surface area contributed by atoms with Crippen LogP contribution >= 0.6 is 0 Å². The van der Waals surface area contributed by atoms with Crippen LogP contribution in [0.1, 0.15) is 30.1 Å². The molecule has 0 saturated carbocycles. The number of benzene rings is 2. The fourth-order valence-corrected chi connectivity index (χ4v) is 3.83. The lowest BCUT2D eigenvalue weighted by Crippen LogP contribution is -2.36. The van der Waals surface area contributed by atoms with Crippen LogP contribution in [0.2, 0.25) is 0 Å². The minimum atomic E-state index is -0.0660. The Bertz CT molecular complexity index is 741. The molecule has 1 saturated heterocycles. The van der Waals surface area contributed by atoms with E-state index in [9.17, 15) is 9.90 Å². The molecule has 4 nitrogen and oxygen atoms in total. The minimum absolute atomic E-state index is 0.0660. The third kappa shape index (κ3) is 3.11. The monoisotopic (exact) mass is 326 g/mol. The van der Waals surface area contributed by atoms with Gasteiger partial charge >= 0.3 is 0 Å². The van der Waals surface area contributed by atoms with Crippen LogP contribution in [0.5, 0.6) is 5.75 Å². The molecule has 3 rings (SSSR count). The zero-order valence-corrected chi connectivity index (χ0v) is 14.7. The molecule has 4 heteroatoms. The van der Waals surface area contributed by atoms with Gasteiger partial charge in [-0.25, -0.2) is 0 Å². The molecule has 2 aromatic rings. The molecule has 0 spiro atoms. The normalized spacial score (nSPS) is 20.9. The molecule has 0 aliphatic carbocycles. The summed E-state index contributed by atoms with van der Waals surface area (Å²) in [7, 11) is 4.16. The number of likely N-dealkylation sites (tertiary alicyclic amines) is 1. The highest BCUT2D eigenvalue weighted by Crippen LogP contribution is 2.30. The zero-order chi connectivity index (χ0) is 17.3. The van der Waals surface area contributed by atoms with Crippen molar-refractivity contribution in [2.24, 2.45) is 5.92 Å². The van der Waals surface area contributed by atoms with Gasteiger partial charge in [-0.05, 0) is 49.3 Å². The minimum Gasteiger partial charge on any atom is -0.507 e. The Morgan fingerprint density at radius 2 is 1.88 bits per heavy atom. The highest BCUT2D eigenvalue weighted by molar-refractivity contribution is 6.01. The number of fused-ring (bicyclic) bond motifs is 1. The first-order valence-corrected chi connectivity index (χ1v) is 8.68. The number of carbonyl (C=O) groups excluding carboxylic acids is 1. The fourth-order valence-electron chi connectivity index (χ4n) is 3.83. The van der Waals surface area contributed by atoms with Crippen molar-refractivity contribution in [3.63, 3.8) is 0 Å². The smallest absolute Gasteiger partial charge is 0.257 e. The first-order chi connectivity index (χ1) is 11.5. The molecule has 2 aromatic carbocycles. The Kier molecular flexibility index (Phi) is 4.76. The molecule has 0 bridgehead atoms. The highest BCUT2D eigenvalue weighted by atomic mass is 16.3. The number of hydrogen-bond donors (Lipinski definition) is 1. The van der Waals surface area contributed by atoms with Crippen LogP contribution < -0.4 is 0 Å². The van der Waals surface area contributed by atoms with Gasteiger partial charge in [0.25, 0.3) is 5.91 Å². The van der Waals surface area contributed by atoms with E-state index in [1.165, 1.54) is 0 Å². The van der Waals surface area contributed by atoms with E-state index < -0.39 is 0 Å². The van der Waals surface area contributed by atoms with Gasteiger partial charge in [-0.15, -0.1) is 0 Å². The van der Waals surface area contributed by atoms with Crippen LogP contribution in [0.25, 0.3) is 10.8 Å². The first kappa shape index (κ1) is 16.8. The lowest BCUT2D eigenvalue weighted by Gasteiger charge is -2.24. The van der Waals surface area contributed by atoms with Crippen molar-refractivity contribution in [3.8, 4) is 5.75 Å². The molecular weight excluding hydrogens is 300 g/mol. The van der Waals surface area contributed by atoms with Gasteiger partial charge in [0, 0.05) is 19.1 Å². The molecule has 1 fully saturated rings. The van der Waals surface area contributed by atoms with Crippen molar-refractivity contribution in [2.45, 2.75) is 25.8 Å². The third-order valence-corrected chi connectivity index (χ3v) is 5.11. The standard InChI is InChI=1S/C20H26N2O2/c1-4-7-16-12-22(13-18(16)21(2)3)20(24)17-10-14-8-5-6-9-15(14)11-19(17)23/h5-6,8-11,16,18,23H,4,7,12-13H2,1-3H3/t16-,18-/m1/s1. The first-order valence-electron chi connectivity index (χ1n) is 8.68. The van der Waals surface area contributed by atoms with Crippen molar-refractivity contribution < 1.29 is 9.90 Å². The van der Waals surface area contributed by atoms with Crippen LogP contribution in [0.15, 0.2) is 36.4 Å². The predicted octanol–water partition coefficient (Wildman–Crippen LogP) is 3.35. The summed E-state index contributed by atoms with van der Waals surface area (Å²) in [5, 5.41) is 12.3. The number of likely N-dealkylation sites (N-methyl/N-ethyl adjacent to an activating group) is 1. The Balaban J connectivity index is 1.88. The van der Waals surface area contributed by atoms with Crippen molar-refractivity contribution in [1.82, 2.24) is 9.80 Å². The SMILES string of the molecule is CCC[C@@H]1CN(C(=O)c2cc3ccccc3cc2O)C[C@H]1N(C)C. The van der Waals surface area contributed by atoms with Gasteiger partial charge in [0.15, 0.2) is 0 Å². The quantitative estimate of drug-likeness (QED) is 0.937. The fraction of sp³-hybridized carbons (Fsp3) is 0.450. The summed E-state index contributed by atoms with van der Waals surface area (Å²) in [4.78, 5) is 17.1. The van der Waals surface area contributed by atoms with Gasteiger partial charge in [0.2, 0.25) is 0 Å². The number of hydrogen-bond acceptors (Lipinski definition) is 3. The Labute approximate surface area is 143 Å². The van der Waals surface area contributed by atoms with Crippen LogP contribution in [0.4, 0.5) is 0 Å². The predicted molar refractivity (Wildman–Crippen MR) is 97.4 cm³/mol. The lowest BCUT2D eigenvalue weighted by atomic mass is 9.98. The van der Waals surface area contributed by atoms with Crippen LogP contribution in [-0.4, -0.2) is 54.0 Å². The molecule has 0 aromatic heterocycles. The number of nitrogens with zero attached hydrogens (tertiary/aromatic N) is 2. The second-order valence-electron chi connectivity index (χ2n) is 7.01. The maximum absolute atomic E-state index is 13.0. The van der Waals surface area contributed by atoms with Gasteiger partial charge in [-0.1, -0.05) is 37.6 Å². The summed E-state index contributed by atoms with van der Waals surface area (Å²) >= 11 is 0. The summed E-state index contributed by atoms with van der Waals surface area (Å²) in [5.41, 5.74) is 0.406. The van der Waals surface area contributed by atoms with Gasteiger partial charge < -0.3 is 14.9 Å². The summed E-state index contributed by atoms with van der Waals surface area (Å²) in [6, 6.07) is 11.7. The van der Waals surface area contributed by atoms with E-state index in [1.807, 2.05) is 35.2 Å². The molecule has 1 heterocycles. The average Bonchev–Trinajstić information content (AvgIpc) is 2.98. The van der Waals surface area contributed by atoms with E-state index in [0.29, 0.717) is 17.5 Å². The molecule has 0 radical (unpaired) electrons. The van der Waals surface area contributed by atoms with Gasteiger partial charge in [0.1, 0.15) is 5.75 Å². The topological polar surface area (TPSA) is 43.8 Å². The summed E-state index contributed by atoms with van der Waals surface area (Å²) < 4.78 is 0. The lowest BCUT2D eigenvalue weighted by molar-refractivity contribution is 0.0778. The second kappa shape index (κ2) is 6.81. The van der Waals surface area contributed by atoms with Gasteiger partial charge in [-0.3, -0.25) is 4.79 Å². The average molecular weight is 326 g/mol. The molecule has 2 atom stereocenters. The summed E-state index contributed by atoms with van der Waals surface area (Å²) in [5.74, 6) is 0.499. The maximum atomic E-state index is 13.0. The van der Waals surface area contributed by atoms with Crippen LogP contribution in [0, 0.1) is 5.92 Å². The number of aromatic hydroxyl groups is 1. The van der Waals surface area contributed by atoms with Crippen molar-refractivity contribution in [2.75, 3.05) is 27.2 Å². The van der Waals surface area contributed by atoms with E-state index in [4.69, 9.17) is 0 Å². The van der Waals surface area contributed by atoms with Crippen LogP contribution in [0.3, 0.4) is 0 Å². The molecule has 1 N–H and O–H groups in total. The van der Waals surface area contributed by atoms with E-state index >= 15 is 0 Å². The number of phenolic OH excluding ortho intramolecular Hbond substituents is 1. The molecule has 1 aliphatic heterocycles.